The fraction of sp³-hybridized carbons (Fsp3) is 0.571. The number of halogens is 1. The molecule has 3 heteroatoms. The Morgan fingerprint density at radius 2 is 2.41 bits per heavy atom. The van der Waals surface area contributed by atoms with Gasteiger partial charge in [0, 0.05) is 23.0 Å². The van der Waals surface area contributed by atoms with Crippen LogP contribution < -0.4 is 5.32 Å². The number of benzene rings is 1. The molecule has 0 saturated carbocycles. The van der Waals surface area contributed by atoms with E-state index in [1.165, 1.54) is 12.0 Å². The summed E-state index contributed by atoms with van der Waals surface area (Å²) in [6, 6.07) is 9.13. The summed E-state index contributed by atoms with van der Waals surface area (Å²) in [6.07, 6.45) is 2.27. The molecule has 1 aromatic rings. The van der Waals surface area contributed by atoms with E-state index in [-0.39, 0.29) is 0 Å². The van der Waals surface area contributed by atoms with Crippen LogP contribution in [0.5, 0.6) is 0 Å². The molecule has 2 nitrogen and oxygen atoms in total. The van der Waals surface area contributed by atoms with Crippen LogP contribution in [0.3, 0.4) is 0 Å². The number of rotatable bonds is 5. The number of likely N-dealkylation sites (N-methyl/N-ethyl adjacent to an activating group) is 1. The zero-order chi connectivity index (χ0) is 12.1. The monoisotopic (exact) mass is 297 g/mol. The second-order valence-corrected chi connectivity index (χ2v) is 5.54. The molecule has 94 valence electrons. The molecule has 2 atom stereocenters. The SMILES string of the molecule is CCNC(Cc1cccc(Br)c1)C1CCOC1. The summed E-state index contributed by atoms with van der Waals surface area (Å²) in [6.45, 7) is 5.02. The zero-order valence-corrected chi connectivity index (χ0v) is 11.9. The Bertz CT molecular complexity index is 350. The summed E-state index contributed by atoms with van der Waals surface area (Å²) in [4.78, 5) is 0. The Labute approximate surface area is 112 Å². The molecule has 1 saturated heterocycles. The minimum atomic E-state index is 0.539. The number of ether oxygens (including phenoxy) is 1. The molecule has 2 rings (SSSR count). The molecule has 1 heterocycles. The minimum Gasteiger partial charge on any atom is -0.381 e. The quantitative estimate of drug-likeness (QED) is 0.902. The molecule has 0 aromatic heterocycles. The number of nitrogens with one attached hydrogen (secondary N) is 1. The summed E-state index contributed by atoms with van der Waals surface area (Å²) in [5.74, 6) is 0.661. The van der Waals surface area contributed by atoms with Crippen molar-refractivity contribution < 1.29 is 4.74 Å². The van der Waals surface area contributed by atoms with Gasteiger partial charge in [0.1, 0.15) is 0 Å². The van der Waals surface area contributed by atoms with E-state index >= 15 is 0 Å². The fourth-order valence-electron chi connectivity index (χ4n) is 2.46. The van der Waals surface area contributed by atoms with Crippen LogP contribution in [-0.2, 0) is 11.2 Å². The van der Waals surface area contributed by atoms with Crippen molar-refractivity contribution in [3.63, 3.8) is 0 Å². The van der Waals surface area contributed by atoms with Crippen molar-refractivity contribution in [1.29, 1.82) is 0 Å². The third kappa shape index (κ3) is 3.80. The van der Waals surface area contributed by atoms with Gasteiger partial charge in [-0.1, -0.05) is 35.0 Å². The topological polar surface area (TPSA) is 21.3 Å². The van der Waals surface area contributed by atoms with Crippen molar-refractivity contribution in [2.45, 2.75) is 25.8 Å². The van der Waals surface area contributed by atoms with Gasteiger partial charge < -0.3 is 10.1 Å². The normalized spacial score (nSPS) is 21.6. The van der Waals surface area contributed by atoms with Crippen LogP contribution in [0.15, 0.2) is 28.7 Å². The molecular formula is C14H20BrNO. The first-order chi connectivity index (χ1) is 8.29. The lowest BCUT2D eigenvalue weighted by molar-refractivity contribution is 0.176. The van der Waals surface area contributed by atoms with Gasteiger partial charge in [-0.05, 0) is 37.1 Å². The first-order valence-electron chi connectivity index (χ1n) is 6.35. The molecule has 1 N–H and O–H groups in total. The fourth-order valence-corrected chi connectivity index (χ4v) is 2.90. The van der Waals surface area contributed by atoms with Crippen molar-refractivity contribution in [2.75, 3.05) is 19.8 Å². The van der Waals surface area contributed by atoms with Crippen LogP contribution in [0, 0.1) is 5.92 Å². The van der Waals surface area contributed by atoms with Crippen molar-refractivity contribution >= 4 is 15.9 Å². The predicted octanol–water partition coefficient (Wildman–Crippen LogP) is 3.01. The zero-order valence-electron chi connectivity index (χ0n) is 10.3. The summed E-state index contributed by atoms with van der Waals surface area (Å²) in [7, 11) is 0. The molecule has 0 bridgehead atoms. The molecule has 0 aliphatic carbocycles. The highest BCUT2D eigenvalue weighted by molar-refractivity contribution is 9.10. The third-order valence-corrected chi connectivity index (χ3v) is 3.84. The average Bonchev–Trinajstić information content (AvgIpc) is 2.82. The second-order valence-electron chi connectivity index (χ2n) is 4.62. The van der Waals surface area contributed by atoms with Crippen molar-refractivity contribution in [2.24, 2.45) is 5.92 Å². The van der Waals surface area contributed by atoms with Crippen molar-refractivity contribution in [3.05, 3.63) is 34.3 Å². The van der Waals surface area contributed by atoms with Gasteiger partial charge in [0.2, 0.25) is 0 Å². The van der Waals surface area contributed by atoms with E-state index in [2.05, 4.69) is 52.4 Å². The lowest BCUT2D eigenvalue weighted by Gasteiger charge is -2.23. The van der Waals surface area contributed by atoms with Crippen LogP contribution in [0.25, 0.3) is 0 Å². The first kappa shape index (κ1) is 13.1. The highest BCUT2D eigenvalue weighted by Crippen LogP contribution is 2.21. The molecule has 2 unspecified atom stereocenters. The molecule has 0 amide bonds. The van der Waals surface area contributed by atoms with Gasteiger partial charge in [0.25, 0.3) is 0 Å². The molecule has 1 fully saturated rings. The van der Waals surface area contributed by atoms with Gasteiger partial charge in [-0.25, -0.2) is 0 Å². The van der Waals surface area contributed by atoms with Gasteiger partial charge in [0.15, 0.2) is 0 Å². The van der Waals surface area contributed by atoms with Crippen molar-refractivity contribution in [3.8, 4) is 0 Å². The Morgan fingerprint density at radius 1 is 1.53 bits per heavy atom. The van der Waals surface area contributed by atoms with E-state index < -0.39 is 0 Å². The number of hydrogen-bond donors (Lipinski definition) is 1. The van der Waals surface area contributed by atoms with E-state index in [1.54, 1.807) is 0 Å². The molecule has 1 aliphatic rings. The van der Waals surface area contributed by atoms with Crippen LogP contribution in [0.1, 0.15) is 18.9 Å². The summed E-state index contributed by atoms with van der Waals surface area (Å²) in [5, 5.41) is 3.60. The van der Waals surface area contributed by atoms with E-state index in [4.69, 9.17) is 4.74 Å². The lowest BCUT2D eigenvalue weighted by Crippen LogP contribution is -2.38. The minimum absolute atomic E-state index is 0.539. The highest BCUT2D eigenvalue weighted by atomic mass is 79.9. The molecule has 1 aromatic carbocycles. The largest absolute Gasteiger partial charge is 0.381 e. The smallest absolute Gasteiger partial charge is 0.0510 e. The molecular weight excluding hydrogens is 278 g/mol. The average molecular weight is 298 g/mol. The number of hydrogen-bond acceptors (Lipinski definition) is 2. The third-order valence-electron chi connectivity index (χ3n) is 3.34. The van der Waals surface area contributed by atoms with Crippen LogP contribution in [0.2, 0.25) is 0 Å². The van der Waals surface area contributed by atoms with E-state index in [0.29, 0.717) is 12.0 Å². The standard InChI is InChI=1S/C14H20BrNO/c1-2-16-14(12-6-7-17-10-12)9-11-4-3-5-13(15)8-11/h3-5,8,12,14,16H,2,6-7,9-10H2,1H3. The first-order valence-corrected chi connectivity index (χ1v) is 7.14. The summed E-state index contributed by atoms with van der Waals surface area (Å²) >= 11 is 3.53. The molecule has 17 heavy (non-hydrogen) atoms. The van der Waals surface area contributed by atoms with Gasteiger partial charge in [0.05, 0.1) is 6.61 Å². The summed E-state index contributed by atoms with van der Waals surface area (Å²) in [5.41, 5.74) is 1.39. The molecule has 0 radical (unpaired) electrons. The maximum absolute atomic E-state index is 5.50. The van der Waals surface area contributed by atoms with Crippen LogP contribution in [0.4, 0.5) is 0 Å². The van der Waals surface area contributed by atoms with Gasteiger partial charge in [-0.3, -0.25) is 0 Å². The van der Waals surface area contributed by atoms with Gasteiger partial charge >= 0.3 is 0 Å². The maximum Gasteiger partial charge on any atom is 0.0510 e. The highest BCUT2D eigenvalue weighted by Gasteiger charge is 2.25. The maximum atomic E-state index is 5.50. The summed E-state index contributed by atoms with van der Waals surface area (Å²) < 4.78 is 6.66. The van der Waals surface area contributed by atoms with E-state index in [9.17, 15) is 0 Å². The second kappa shape index (κ2) is 6.53. The van der Waals surface area contributed by atoms with Crippen LogP contribution >= 0.6 is 15.9 Å². The van der Waals surface area contributed by atoms with Crippen LogP contribution in [-0.4, -0.2) is 25.8 Å². The predicted molar refractivity (Wildman–Crippen MR) is 74.2 cm³/mol. The lowest BCUT2D eigenvalue weighted by atomic mass is 9.93. The molecule has 0 spiro atoms. The van der Waals surface area contributed by atoms with E-state index in [0.717, 1.165) is 30.7 Å². The Hall–Kier alpha value is -0.380. The Balaban J connectivity index is 2.01. The van der Waals surface area contributed by atoms with Crippen molar-refractivity contribution in [1.82, 2.24) is 5.32 Å². The van der Waals surface area contributed by atoms with Gasteiger partial charge in [-0.15, -0.1) is 0 Å². The van der Waals surface area contributed by atoms with Gasteiger partial charge in [-0.2, -0.15) is 0 Å². The molecule has 1 aliphatic heterocycles. The Morgan fingerprint density at radius 3 is 3.06 bits per heavy atom. The Kier molecular flexibility index (Phi) is 5.01. The van der Waals surface area contributed by atoms with E-state index in [1.807, 2.05) is 0 Å².